The first-order valence-corrected chi connectivity index (χ1v) is 6.40. The van der Waals surface area contributed by atoms with Crippen molar-refractivity contribution in [2.45, 2.75) is 19.5 Å². The van der Waals surface area contributed by atoms with E-state index in [4.69, 9.17) is 4.74 Å². The van der Waals surface area contributed by atoms with Gasteiger partial charge in [0.15, 0.2) is 0 Å². The zero-order valence-corrected chi connectivity index (χ0v) is 11.6. The monoisotopic (exact) mass is 274 g/mol. The van der Waals surface area contributed by atoms with E-state index < -0.39 is 0 Å². The molecule has 1 atom stereocenters. The fraction of sp³-hybridized carbons (Fsp3) is 0.357. The van der Waals surface area contributed by atoms with Gasteiger partial charge in [-0.15, -0.1) is 0 Å². The summed E-state index contributed by atoms with van der Waals surface area (Å²) in [6, 6.07) is 7.43. The summed E-state index contributed by atoms with van der Waals surface area (Å²) in [6.45, 7) is 3.04. The van der Waals surface area contributed by atoms with Crippen molar-refractivity contribution >= 4 is 5.91 Å². The van der Waals surface area contributed by atoms with Crippen molar-refractivity contribution in [3.63, 3.8) is 0 Å². The van der Waals surface area contributed by atoms with Gasteiger partial charge in [0.2, 0.25) is 0 Å². The molecule has 6 heteroatoms. The lowest BCUT2D eigenvalue weighted by Gasteiger charge is -2.12. The Balaban J connectivity index is 1.95. The van der Waals surface area contributed by atoms with Crippen molar-refractivity contribution in [1.82, 2.24) is 20.1 Å². The molecule has 0 saturated carbocycles. The fourth-order valence-corrected chi connectivity index (χ4v) is 1.86. The minimum atomic E-state index is -0.0955. The molecule has 0 fully saturated rings. The van der Waals surface area contributed by atoms with Crippen LogP contribution in [-0.4, -0.2) is 40.4 Å². The van der Waals surface area contributed by atoms with Crippen LogP contribution in [0.25, 0.3) is 0 Å². The van der Waals surface area contributed by atoms with Gasteiger partial charge < -0.3 is 10.1 Å². The Morgan fingerprint density at radius 1 is 1.40 bits per heavy atom. The molecule has 106 valence electrons. The van der Waals surface area contributed by atoms with Gasteiger partial charge in [0.1, 0.15) is 12.7 Å². The van der Waals surface area contributed by atoms with E-state index in [1.54, 1.807) is 30.3 Å². The predicted molar refractivity (Wildman–Crippen MR) is 74.4 cm³/mol. The van der Waals surface area contributed by atoms with E-state index in [1.807, 2.05) is 19.1 Å². The van der Waals surface area contributed by atoms with Gasteiger partial charge in [-0.25, -0.2) is 9.67 Å². The lowest BCUT2D eigenvalue weighted by Crippen LogP contribution is -2.35. The highest BCUT2D eigenvalue weighted by Crippen LogP contribution is 2.06. The molecule has 2 aromatic rings. The highest BCUT2D eigenvalue weighted by Gasteiger charge is 2.09. The highest BCUT2D eigenvalue weighted by atomic mass is 16.5. The maximum Gasteiger partial charge on any atom is 0.251 e. The number of hydrogen-bond donors (Lipinski definition) is 1. The summed E-state index contributed by atoms with van der Waals surface area (Å²) in [6.07, 6.45) is 3.16. The lowest BCUT2D eigenvalue weighted by molar-refractivity contribution is 0.0905. The second kappa shape index (κ2) is 6.81. The summed E-state index contributed by atoms with van der Waals surface area (Å²) in [4.78, 5) is 15.9. The Morgan fingerprint density at radius 3 is 2.75 bits per heavy atom. The molecule has 0 spiro atoms. The predicted octanol–water partition coefficient (Wildman–Crippen LogP) is 1.09. The zero-order valence-electron chi connectivity index (χ0n) is 11.6. The Bertz CT molecular complexity index is 537. The maximum absolute atomic E-state index is 12.0. The quantitative estimate of drug-likeness (QED) is 0.856. The molecular formula is C14H18N4O2. The van der Waals surface area contributed by atoms with Crippen LogP contribution in [0.15, 0.2) is 36.9 Å². The Labute approximate surface area is 117 Å². The van der Waals surface area contributed by atoms with Crippen molar-refractivity contribution in [3.8, 4) is 0 Å². The minimum Gasteiger partial charge on any atom is -0.383 e. The zero-order chi connectivity index (χ0) is 14.4. The van der Waals surface area contributed by atoms with E-state index >= 15 is 0 Å². The van der Waals surface area contributed by atoms with Crippen molar-refractivity contribution in [1.29, 1.82) is 0 Å². The number of carbonyl (C=O) groups excluding carboxylic acids is 1. The first-order valence-electron chi connectivity index (χ1n) is 6.40. The number of ether oxygens (including phenoxy) is 1. The SMILES string of the molecule is COCC(C)NC(=O)c1ccc(Cn2cncn2)cc1. The summed E-state index contributed by atoms with van der Waals surface area (Å²) in [5.74, 6) is -0.0955. The third kappa shape index (κ3) is 3.89. The van der Waals surface area contributed by atoms with Gasteiger partial charge >= 0.3 is 0 Å². The van der Waals surface area contributed by atoms with Gasteiger partial charge in [-0.2, -0.15) is 5.10 Å². The average molecular weight is 274 g/mol. The molecule has 1 heterocycles. The number of benzene rings is 1. The van der Waals surface area contributed by atoms with Crippen LogP contribution >= 0.6 is 0 Å². The maximum atomic E-state index is 12.0. The topological polar surface area (TPSA) is 69.0 Å². The molecule has 0 aliphatic rings. The van der Waals surface area contributed by atoms with Crippen LogP contribution in [0.4, 0.5) is 0 Å². The van der Waals surface area contributed by atoms with Gasteiger partial charge in [-0.05, 0) is 24.6 Å². The number of nitrogens with zero attached hydrogens (tertiary/aromatic N) is 3. The lowest BCUT2D eigenvalue weighted by atomic mass is 10.1. The first-order chi connectivity index (χ1) is 9.69. The molecule has 1 amide bonds. The van der Waals surface area contributed by atoms with E-state index in [2.05, 4.69) is 15.4 Å². The minimum absolute atomic E-state index is 0.0117. The molecule has 1 N–H and O–H groups in total. The summed E-state index contributed by atoms with van der Waals surface area (Å²) in [7, 11) is 1.61. The molecule has 0 radical (unpaired) electrons. The first kappa shape index (κ1) is 14.2. The smallest absolute Gasteiger partial charge is 0.251 e. The fourth-order valence-electron chi connectivity index (χ4n) is 1.86. The largest absolute Gasteiger partial charge is 0.383 e. The summed E-state index contributed by atoms with van der Waals surface area (Å²) >= 11 is 0. The van der Waals surface area contributed by atoms with E-state index in [-0.39, 0.29) is 11.9 Å². The Morgan fingerprint density at radius 2 is 2.15 bits per heavy atom. The molecular weight excluding hydrogens is 256 g/mol. The standard InChI is InChI=1S/C14H18N4O2/c1-11(8-20-2)17-14(19)13-5-3-12(4-6-13)7-18-10-15-9-16-18/h3-6,9-11H,7-8H2,1-2H3,(H,17,19). The van der Waals surface area contributed by atoms with Crippen LogP contribution in [0.1, 0.15) is 22.8 Å². The Kier molecular flexibility index (Phi) is 4.84. The number of aromatic nitrogens is 3. The van der Waals surface area contributed by atoms with Crippen LogP contribution in [0.3, 0.4) is 0 Å². The number of methoxy groups -OCH3 is 1. The number of rotatable bonds is 6. The Hall–Kier alpha value is -2.21. The molecule has 1 aromatic carbocycles. The molecule has 0 aliphatic carbocycles. The van der Waals surface area contributed by atoms with Gasteiger partial charge in [0.25, 0.3) is 5.91 Å². The third-order valence-electron chi connectivity index (χ3n) is 2.82. The number of carbonyl (C=O) groups is 1. The van der Waals surface area contributed by atoms with E-state index in [1.165, 1.54) is 6.33 Å². The van der Waals surface area contributed by atoms with Crippen molar-refractivity contribution in [2.24, 2.45) is 0 Å². The molecule has 0 aliphatic heterocycles. The van der Waals surface area contributed by atoms with Gasteiger partial charge in [0.05, 0.1) is 13.2 Å². The normalized spacial score (nSPS) is 12.1. The van der Waals surface area contributed by atoms with Crippen LogP contribution < -0.4 is 5.32 Å². The number of amides is 1. The number of nitrogens with one attached hydrogen (secondary N) is 1. The molecule has 0 bridgehead atoms. The van der Waals surface area contributed by atoms with Crippen LogP contribution in [0.2, 0.25) is 0 Å². The molecule has 0 saturated heterocycles. The average Bonchev–Trinajstić information content (AvgIpc) is 2.92. The van der Waals surface area contributed by atoms with Crippen molar-refractivity contribution in [2.75, 3.05) is 13.7 Å². The van der Waals surface area contributed by atoms with Gasteiger partial charge in [0, 0.05) is 18.7 Å². The molecule has 20 heavy (non-hydrogen) atoms. The van der Waals surface area contributed by atoms with Crippen molar-refractivity contribution < 1.29 is 9.53 Å². The summed E-state index contributed by atoms with van der Waals surface area (Å²) in [5.41, 5.74) is 1.70. The van der Waals surface area contributed by atoms with E-state index in [0.29, 0.717) is 18.7 Å². The molecule has 1 unspecified atom stereocenters. The molecule has 1 aromatic heterocycles. The number of hydrogen-bond acceptors (Lipinski definition) is 4. The van der Waals surface area contributed by atoms with Crippen LogP contribution in [-0.2, 0) is 11.3 Å². The van der Waals surface area contributed by atoms with E-state index in [0.717, 1.165) is 5.56 Å². The van der Waals surface area contributed by atoms with E-state index in [9.17, 15) is 4.79 Å². The van der Waals surface area contributed by atoms with Gasteiger partial charge in [-0.3, -0.25) is 4.79 Å². The highest BCUT2D eigenvalue weighted by molar-refractivity contribution is 5.94. The summed E-state index contributed by atoms with van der Waals surface area (Å²) < 4.78 is 6.72. The van der Waals surface area contributed by atoms with Crippen molar-refractivity contribution in [3.05, 3.63) is 48.0 Å². The second-order valence-electron chi connectivity index (χ2n) is 4.62. The third-order valence-corrected chi connectivity index (χ3v) is 2.82. The van der Waals surface area contributed by atoms with Crippen LogP contribution in [0.5, 0.6) is 0 Å². The second-order valence-corrected chi connectivity index (χ2v) is 4.62. The van der Waals surface area contributed by atoms with Gasteiger partial charge in [-0.1, -0.05) is 12.1 Å². The summed E-state index contributed by atoms with van der Waals surface area (Å²) in [5, 5.41) is 6.91. The molecule has 2 rings (SSSR count). The molecule has 6 nitrogen and oxygen atoms in total. The van der Waals surface area contributed by atoms with Crippen LogP contribution in [0, 0.1) is 0 Å².